The van der Waals surface area contributed by atoms with Gasteiger partial charge in [-0.05, 0) is 78.6 Å². The molecule has 0 bridgehead atoms. The third-order valence-electron chi connectivity index (χ3n) is 9.00. The van der Waals surface area contributed by atoms with Crippen LogP contribution in [-0.4, -0.2) is 12.1 Å². The zero-order valence-electron chi connectivity index (χ0n) is 16.9. The Morgan fingerprint density at radius 2 is 2.00 bits per heavy atom. The van der Waals surface area contributed by atoms with Crippen LogP contribution in [0, 0.1) is 40.4 Å². The highest BCUT2D eigenvalue weighted by Gasteiger charge is 2.57. The van der Waals surface area contributed by atoms with Gasteiger partial charge in [-0.1, -0.05) is 44.9 Å². The Kier molecular flexibility index (Phi) is 4.32. The Labute approximate surface area is 158 Å². The van der Waals surface area contributed by atoms with Crippen molar-refractivity contribution in [2.75, 3.05) is 0 Å². The molecule has 0 saturated heterocycles. The van der Waals surface area contributed by atoms with Crippen LogP contribution < -0.4 is 0 Å². The van der Waals surface area contributed by atoms with Gasteiger partial charge in [0.15, 0.2) is 5.78 Å². The second kappa shape index (κ2) is 6.17. The number of hydrogen-bond donors (Lipinski definition) is 0. The van der Waals surface area contributed by atoms with Crippen molar-refractivity contribution in [2.45, 2.75) is 72.6 Å². The van der Waals surface area contributed by atoms with E-state index in [9.17, 15) is 9.59 Å². The number of aldehydes is 1. The molecule has 2 saturated carbocycles. The molecule has 2 heteroatoms. The molecule has 7 atom stereocenters. The lowest BCUT2D eigenvalue weighted by atomic mass is 9.45. The predicted molar refractivity (Wildman–Crippen MR) is 105 cm³/mol. The van der Waals surface area contributed by atoms with E-state index < -0.39 is 0 Å². The SMILES string of the molecule is CC1C2=CC(=O)CCC2(C)C2CCC3C(=CC[C@@]3(C)CCC=O)C2C1C. The highest BCUT2D eigenvalue weighted by molar-refractivity contribution is 5.91. The third kappa shape index (κ3) is 2.43. The first kappa shape index (κ1) is 18.2. The van der Waals surface area contributed by atoms with Gasteiger partial charge in [-0.3, -0.25) is 4.79 Å². The second-order valence-corrected chi connectivity index (χ2v) is 10.2. The number of carbonyl (C=O) groups is 2. The van der Waals surface area contributed by atoms with Crippen molar-refractivity contribution < 1.29 is 9.59 Å². The van der Waals surface area contributed by atoms with Gasteiger partial charge in [-0.15, -0.1) is 0 Å². The van der Waals surface area contributed by atoms with Crippen molar-refractivity contribution in [3.63, 3.8) is 0 Å². The molecule has 4 rings (SSSR count). The molecule has 0 N–H and O–H groups in total. The first-order valence-corrected chi connectivity index (χ1v) is 10.7. The van der Waals surface area contributed by atoms with Gasteiger partial charge < -0.3 is 4.79 Å². The van der Waals surface area contributed by atoms with Crippen LogP contribution in [-0.2, 0) is 9.59 Å². The van der Waals surface area contributed by atoms with Gasteiger partial charge >= 0.3 is 0 Å². The van der Waals surface area contributed by atoms with Gasteiger partial charge in [0, 0.05) is 12.8 Å². The Morgan fingerprint density at radius 1 is 1.23 bits per heavy atom. The smallest absolute Gasteiger partial charge is 0.155 e. The highest BCUT2D eigenvalue weighted by atomic mass is 16.1. The van der Waals surface area contributed by atoms with E-state index in [1.54, 1.807) is 5.57 Å². The van der Waals surface area contributed by atoms with Gasteiger partial charge in [-0.25, -0.2) is 0 Å². The average molecular weight is 355 g/mol. The molecule has 0 aromatic heterocycles. The van der Waals surface area contributed by atoms with E-state index in [0.29, 0.717) is 41.8 Å². The van der Waals surface area contributed by atoms with Crippen molar-refractivity contribution in [3.8, 4) is 0 Å². The molecule has 2 nitrogen and oxygen atoms in total. The Bertz CT molecular complexity index is 686. The Balaban J connectivity index is 1.69. The summed E-state index contributed by atoms with van der Waals surface area (Å²) in [6.07, 6.45) is 12.8. The first-order chi connectivity index (χ1) is 12.3. The molecule has 0 radical (unpaired) electrons. The highest BCUT2D eigenvalue weighted by Crippen LogP contribution is 2.66. The van der Waals surface area contributed by atoms with Crippen molar-refractivity contribution in [1.82, 2.24) is 0 Å². The molecule has 26 heavy (non-hydrogen) atoms. The molecule has 0 aliphatic heterocycles. The van der Waals surface area contributed by atoms with Gasteiger partial charge in [0.25, 0.3) is 0 Å². The standard InChI is InChI=1S/C24H34O2/c1-15-16(2)22-18-9-11-23(3,10-5-13-25)19(18)6-7-20(22)24(4)12-8-17(26)14-21(15)24/h9,13-16,19-20,22H,5-8,10-12H2,1-4H3/t15?,16?,19?,20?,22?,23-,24?/m1/s1. The topological polar surface area (TPSA) is 34.1 Å². The molecule has 6 unspecified atom stereocenters. The summed E-state index contributed by atoms with van der Waals surface area (Å²) in [4.78, 5) is 23.1. The summed E-state index contributed by atoms with van der Waals surface area (Å²) in [5, 5.41) is 0. The summed E-state index contributed by atoms with van der Waals surface area (Å²) in [7, 11) is 0. The zero-order valence-corrected chi connectivity index (χ0v) is 16.9. The summed E-state index contributed by atoms with van der Waals surface area (Å²) >= 11 is 0. The number of rotatable bonds is 3. The first-order valence-electron chi connectivity index (χ1n) is 10.7. The fraction of sp³-hybridized carbons (Fsp3) is 0.750. The Morgan fingerprint density at radius 3 is 2.73 bits per heavy atom. The number of ketones is 1. The van der Waals surface area contributed by atoms with Gasteiger partial charge in [0.05, 0.1) is 0 Å². The van der Waals surface area contributed by atoms with Crippen LogP contribution in [0.25, 0.3) is 0 Å². The third-order valence-corrected chi connectivity index (χ3v) is 9.00. The van der Waals surface area contributed by atoms with E-state index in [0.717, 1.165) is 32.0 Å². The van der Waals surface area contributed by atoms with Crippen LogP contribution in [0.15, 0.2) is 23.3 Å². The lowest BCUT2D eigenvalue weighted by molar-refractivity contribution is -0.117. The summed E-state index contributed by atoms with van der Waals surface area (Å²) in [6, 6.07) is 0. The van der Waals surface area contributed by atoms with Crippen LogP contribution in [0.5, 0.6) is 0 Å². The maximum absolute atomic E-state index is 12.1. The van der Waals surface area contributed by atoms with Crippen molar-refractivity contribution in [1.29, 1.82) is 0 Å². The van der Waals surface area contributed by atoms with Crippen molar-refractivity contribution in [3.05, 3.63) is 23.3 Å². The van der Waals surface area contributed by atoms with E-state index in [2.05, 4.69) is 33.8 Å². The molecule has 142 valence electrons. The van der Waals surface area contributed by atoms with Gasteiger partial charge in [0.1, 0.15) is 6.29 Å². The van der Waals surface area contributed by atoms with Crippen LogP contribution in [0.2, 0.25) is 0 Å². The molecule has 0 heterocycles. The monoisotopic (exact) mass is 354 g/mol. The molecular weight excluding hydrogens is 320 g/mol. The van der Waals surface area contributed by atoms with Crippen LogP contribution in [0.3, 0.4) is 0 Å². The molecule has 0 aromatic rings. The average Bonchev–Trinajstić information content (AvgIpc) is 2.97. The van der Waals surface area contributed by atoms with E-state index in [1.165, 1.54) is 18.4 Å². The van der Waals surface area contributed by atoms with Crippen LogP contribution in [0.1, 0.15) is 72.6 Å². The fourth-order valence-corrected chi connectivity index (χ4v) is 7.31. The predicted octanol–water partition coefficient (Wildman–Crippen LogP) is 5.53. The van der Waals surface area contributed by atoms with Crippen molar-refractivity contribution in [2.24, 2.45) is 40.4 Å². The molecule has 0 amide bonds. The Hall–Kier alpha value is -1.18. The summed E-state index contributed by atoms with van der Waals surface area (Å²) in [6.45, 7) is 9.64. The minimum atomic E-state index is 0.206. The normalized spacial score (nSPS) is 47.4. The quantitative estimate of drug-likeness (QED) is 0.493. The lowest BCUT2D eigenvalue weighted by Crippen LogP contribution is -2.51. The number of allylic oxidation sites excluding steroid dienone is 4. The number of carbonyl (C=O) groups excluding carboxylic acids is 2. The summed E-state index contributed by atoms with van der Waals surface area (Å²) < 4.78 is 0. The second-order valence-electron chi connectivity index (χ2n) is 10.2. The minimum Gasteiger partial charge on any atom is -0.303 e. The fourth-order valence-electron chi connectivity index (χ4n) is 7.31. The maximum atomic E-state index is 12.1. The number of fused-ring (bicyclic) bond motifs is 5. The molecule has 0 spiro atoms. The van der Waals surface area contributed by atoms with E-state index in [4.69, 9.17) is 0 Å². The van der Waals surface area contributed by atoms with E-state index in [1.807, 2.05) is 6.08 Å². The van der Waals surface area contributed by atoms with Crippen LogP contribution in [0.4, 0.5) is 0 Å². The molecular formula is C24H34O2. The molecule has 4 aliphatic rings. The van der Waals surface area contributed by atoms with E-state index >= 15 is 0 Å². The molecule has 0 aromatic carbocycles. The minimum absolute atomic E-state index is 0.206. The largest absolute Gasteiger partial charge is 0.303 e. The van der Waals surface area contributed by atoms with Crippen LogP contribution >= 0.6 is 0 Å². The molecule has 4 aliphatic carbocycles. The van der Waals surface area contributed by atoms with Gasteiger partial charge in [0.2, 0.25) is 0 Å². The van der Waals surface area contributed by atoms with Gasteiger partial charge in [-0.2, -0.15) is 0 Å². The lowest BCUT2D eigenvalue weighted by Gasteiger charge is -2.59. The number of hydrogen-bond acceptors (Lipinski definition) is 2. The van der Waals surface area contributed by atoms with Crippen molar-refractivity contribution >= 4 is 12.1 Å². The zero-order chi connectivity index (χ0) is 18.7. The van der Waals surface area contributed by atoms with E-state index in [-0.39, 0.29) is 10.8 Å². The molecule has 2 fully saturated rings. The summed E-state index contributed by atoms with van der Waals surface area (Å²) in [5.74, 6) is 3.45. The summed E-state index contributed by atoms with van der Waals surface area (Å²) in [5.41, 5.74) is 3.65. The maximum Gasteiger partial charge on any atom is 0.155 e.